The normalized spacial score (nSPS) is 16.8. The van der Waals surface area contributed by atoms with Gasteiger partial charge in [0.15, 0.2) is 14.9 Å². The number of hydrazine groups is 1. The molecule has 0 radical (unpaired) electrons. The summed E-state index contributed by atoms with van der Waals surface area (Å²) >= 11 is 5.00. The summed E-state index contributed by atoms with van der Waals surface area (Å²) in [5, 5.41) is 2.36. The average molecular weight is 462 g/mol. The molecule has 1 atom stereocenters. The Hall–Kier alpha value is -2.98. The molecule has 0 aromatic heterocycles. The van der Waals surface area contributed by atoms with Crippen LogP contribution in [-0.2, 0) is 21.1 Å². The Morgan fingerprint density at radius 2 is 1.74 bits per heavy atom. The summed E-state index contributed by atoms with van der Waals surface area (Å²) in [5.74, 6) is -1.09. The Morgan fingerprint density at radius 3 is 2.39 bits per heavy atom. The summed E-state index contributed by atoms with van der Waals surface area (Å²) in [6, 6.07) is 16.6. The molecule has 1 saturated heterocycles. The molecular formula is C21H23N3O5S2. The molecule has 10 heteroatoms. The molecule has 2 amide bonds. The Balaban J connectivity index is 1.40. The smallest absolute Gasteiger partial charge is 0.257 e. The molecule has 31 heavy (non-hydrogen) atoms. The second-order valence-electron chi connectivity index (χ2n) is 7.11. The lowest BCUT2D eigenvalue weighted by Crippen LogP contribution is -2.50. The van der Waals surface area contributed by atoms with E-state index in [0.29, 0.717) is 17.9 Å². The van der Waals surface area contributed by atoms with Crippen molar-refractivity contribution in [1.82, 2.24) is 16.2 Å². The lowest BCUT2D eigenvalue weighted by atomic mass is 10.1. The van der Waals surface area contributed by atoms with Crippen LogP contribution in [0.3, 0.4) is 0 Å². The largest absolute Gasteiger partial charge is 0.493 e. The molecular weight excluding hydrogens is 438 g/mol. The van der Waals surface area contributed by atoms with Crippen LogP contribution in [0, 0.1) is 5.92 Å². The van der Waals surface area contributed by atoms with Gasteiger partial charge in [-0.3, -0.25) is 25.8 Å². The summed E-state index contributed by atoms with van der Waals surface area (Å²) in [4.78, 5) is 24.3. The fourth-order valence-corrected chi connectivity index (χ4v) is 4.95. The highest BCUT2D eigenvalue weighted by Crippen LogP contribution is 2.18. The van der Waals surface area contributed by atoms with Crippen LogP contribution in [-0.4, -0.2) is 43.5 Å². The minimum Gasteiger partial charge on any atom is -0.493 e. The van der Waals surface area contributed by atoms with Gasteiger partial charge >= 0.3 is 0 Å². The van der Waals surface area contributed by atoms with E-state index in [-0.39, 0.29) is 23.0 Å². The highest BCUT2D eigenvalue weighted by atomic mass is 32.2. The van der Waals surface area contributed by atoms with E-state index in [1.165, 1.54) is 5.56 Å². The maximum atomic E-state index is 12.3. The molecule has 1 aliphatic heterocycles. The SMILES string of the molecule is O=C(NC(=S)NNC(=O)C1CCS(=O)(=O)C1)c1ccc(OCCc2ccccc2)cc1. The van der Waals surface area contributed by atoms with Gasteiger partial charge in [-0.05, 0) is 48.5 Å². The van der Waals surface area contributed by atoms with Gasteiger partial charge in [-0.15, -0.1) is 0 Å². The highest BCUT2D eigenvalue weighted by molar-refractivity contribution is 7.91. The minimum atomic E-state index is -3.16. The van der Waals surface area contributed by atoms with E-state index in [2.05, 4.69) is 16.2 Å². The molecule has 2 aromatic rings. The van der Waals surface area contributed by atoms with Crippen LogP contribution < -0.4 is 20.9 Å². The molecule has 164 valence electrons. The van der Waals surface area contributed by atoms with E-state index in [0.717, 1.165) is 6.42 Å². The lowest BCUT2D eigenvalue weighted by Gasteiger charge is -2.13. The predicted octanol–water partition coefficient (Wildman–Crippen LogP) is 1.38. The second-order valence-corrected chi connectivity index (χ2v) is 9.74. The minimum absolute atomic E-state index is 0.00175. The summed E-state index contributed by atoms with van der Waals surface area (Å²) in [7, 11) is -3.16. The zero-order valence-electron chi connectivity index (χ0n) is 16.7. The van der Waals surface area contributed by atoms with E-state index in [9.17, 15) is 18.0 Å². The molecule has 0 aliphatic carbocycles. The van der Waals surface area contributed by atoms with Crippen molar-refractivity contribution < 1.29 is 22.7 Å². The van der Waals surface area contributed by atoms with Crippen molar-refractivity contribution in [2.75, 3.05) is 18.1 Å². The van der Waals surface area contributed by atoms with Gasteiger partial charge in [0.1, 0.15) is 5.75 Å². The van der Waals surface area contributed by atoms with Gasteiger partial charge in [0.25, 0.3) is 5.91 Å². The highest BCUT2D eigenvalue weighted by Gasteiger charge is 2.33. The topological polar surface area (TPSA) is 114 Å². The van der Waals surface area contributed by atoms with Crippen LogP contribution in [0.1, 0.15) is 22.3 Å². The fourth-order valence-electron chi connectivity index (χ4n) is 3.06. The van der Waals surface area contributed by atoms with Crippen molar-refractivity contribution in [3.63, 3.8) is 0 Å². The number of nitrogens with one attached hydrogen (secondary N) is 3. The van der Waals surface area contributed by atoms with Crippen molar-refractivity contribution >= 4 is 39.0 Å². The second kappa shape index (κ2) is 10.4. The van der Waals surface area contributed by atoms with Gasteiger partial charge in [-0.1, -0.05) is 30.3 Å². The number of sulfone groups is 1. The lowest BCUT2D eigenvalue weighted by molar-refractivity contribution is -0.124. The van der Waals surface area contributed by atoms with Crippen LogP contribution in [0.5, 0.6) is 5.75 Å². The first-order valence-electron chi connectivity index (χ1n) is 9.71. The van der Waals surface area contributed by atoms with Crippen LogP contribution in [0.15, 0.2) is 54.6 Å². The summed E-state index contributed by atoms with van der Waals surface area (Å²) in [6.07, 6.45) is 1.05. The molecule has 3 rings (SSSR count). The van der Waals surface area contributed by atoms with Crippen molar-refractivity contribution in [2.45, 2.75) is 12.8 Å². The van der Waals surface area contributed by atoms with E-state index in [1.54, 1.807) is 24.3 Å². The summed E-state index contributed by atoms with van der Waals surface area (Å²) in [6.45, 7) is 0.519. The van der Waals surface area contributed by atoms with E-state index in [4.69, 9.17) is 17.0 Å². The molecule has 3 N–H and O–H groups in total. The summed E-state index contributed by atoms with van der Waals surface area (Å²) in [5.41, 5.74) is 6.31. The molecule has 0 bridgehead atoms. The van der Waals surface area contributed by atoms with Crippen LogP contribution in [0.25, 0.3) is 0 Å². The Labute approximate surface area is 186 Å². The zero-order chi connectivity index (χ0) is 22.3. The standard InChI is InChI=1S/C21H23N3O5S2/c25-19(22-21(30)24-23-20(26)17-11-13-31(27,28)14-17)16-6-8-18(9-7-16)29-12-10-15-4-2-1-3-5-15/h1-9,17H,10-14H2,(H,23,26)(H2,22,24,25,30). The number of amides is 2. The first kappa shape index (κ1) is 22.7. The quantitative estimate of drug-likeness (QED) is 0.440. The summed E-state index contributed by atoms with van der Waals surface area (Å²) < 4.78 is 28.6. The zero-order valence-corrected chi connectivity index (χ0v) is 18.3. The molecule has 0 spiro atoms. The number of hydrogen-bond donors (Lipinski definition) is 3. The van der Waals surface area contributed by atoms with Crippen LogP contribution >= 0.6 is 12.2 Å². The van der Waals surface area contributed by atoms with Gasteiger partial charge in [-0.2, -0.15) is 0 Å². The molecule has 2 aromatic carbocycles. The van der Waals surface area contributed by atoms with E-state index < -0.39 is 27.6 Å². The fraction of sp³-hybridized carbons (Fsp3) is 0.286. The number of carbonyl (C=O) groups is 2. The van der Waals surface area contributed by atoms with Crippen molar-refractivity contribution in [2.24, 2.45) is 5.92 Å². The van der Waals surface area contributed by atoms with Crippen molar-refractivity contribution in [1.29, 1.82) is 0 Å². The van der Waals surface area contributed by atoms with E-state index >= 15 is 0 Å². The Kier molecular flexibility index (Phi) is 7.59. The third-order valence-corrected chi connectivity index (χ3v) is 6.72. The molecule has 1 unspecified atom stereocenters. The molecule has 0 saturated carbocycles. The number of carbonyl (C=O) groups excluding carboxylic acids is 2. The van der Waals surface area contributed by atoms with Gasteiger partial charge in [0.05, 0.1) is 24.0 Å². The van der Waals surface area contributed by atoms with Gasteiger partial charge < -0.3 is 4.74 Å². The third kappa shape index (κ3) is 7.04. The maximum absolute atomic E-state index is 12.3. The number of benzene rings is 2. The molecule has 1 aliphatic rings. The van der Waals surface area contributed by atoms with Crippen LogP contribution in [0.4, 0.5) is 0 Å². The number of ether oxygens (including phenoxy) is 1. The number of hydrogen-bond acceptors (Lipinski definition) is 6. The van der Waals surface area contributed by atoms with Crippen molar-refractivity contribution in [3.8, 4) is 5.75 Å². The van der Waals surface area contributed by atoms with Gasteiger partial charge in [0, 0.05) is 12.0 Å². The molecule has 1 heterocycles. The van der Waals surface area contributed by atoms with Crippen LogP contribution in [0.2, 0.25) is 0 Å². The number of rotatable bonds is 6. The predicted molar refractivity (Wildman–Crippen MR) is 120 cm³/mol. The molecule has 1 fully saturated rings. The monoisotopic (exact) mass is 461 g/mol. The van der Waals surface area contributed by atoms with E-state index in [1.807, 2.05) is 30.3 Å². The van der Waals surface area contributed by atoms with Crippen molar-refractivity contribution in [3.05, 3.63) is 65.7 Å². The Bertz CT molecular complexity index is 1040. The van der Waals surface area contributed by atoms with Gasteiger partial charge in [0.2, 0.25) is 5.91 Å². The maximum Gasteiger partial charge on any atom is 0.257 e. The van der Waals surface area contributed by atoms with Gasteiger partial charge in [-0.25, -0.2) is 8.42 Å². The average Bonchev–Trinajstić information content (AvgIpc) is 3.13. The Morgan fingerprint density at radius 1 is 1.03 bits per heavy atom. The molecule has 8 nitrogen and oxygen atoms in total. The third-order valence-electron chi connectivity index (χ3n) is 4.75. The first-order chi connectivity index (χ1) is 14.8. The number of thiocarbonyl (C=S) groups is 1. The first-order valence-corrected chi connectivity index (χ1v) is 11.9.